The first-order chi connectivity index (χ1) is 11.9. The summed E-state index contributed by atoms with van der Waals surface area (Å²) >= 11 is 0. The Labute approximate surface area is 146 Å². The van der Waals surface area contributed by atoms with Crippen molar-refractivity contribution in [3.8, 4) is 0 Å². The van der Waals surface area contributed by atoms with Crippen molar-refractivity contribution in [2.24, 2.45) is 11.8 Å². The molecular weight excluding hydrogens is 328 g/mol. The SMILES string of the molecule is CC[C@H]1C[C@]2([C@H](C)Cc3cc(F)c(NC)cc3F)OCOC2=CC1=O. The Bertz CT molecular complexity index is 719. The lowest BCUT2D eigenvalue weighted by Gasteiger charge is -2.38. The van der Waals surface area contributed by atoms with Crippen LogP contribution in [-0.4, -0.2) is 25.2 Å². The molecule has 136 valence electrons. The number of halogens is 2. The highest BCUT2D eigenvalue weighted by Gasteiger charge is 2.51. The standard InChI is InChI=1S/C19H23F2NO3/c1-4-12-9-19(18(8-17(12)23)24-10-25-19)11(2)5-13-6-15(21)16(22-3)7-14(13)20/h6-8,11-12,22H,4-5,9-10H2,1-3H3/t11-,12+,19-/m1/s1. The normalized spacial score (nSPS) is 26.7. The number of carbonyl (C=O) groups excluding carboxylic acids is 1. The molecule has 1 aliphatic heterocycles. The van der Waals surface area contributed by atoms with E-state index in [-0.39, 0.29) is 42.1 Å². The van der Waals surface area contributed by atoms with E-state index in [4.69, 9.17) is 9.47 Å². The summed E-state index contributed by atoms with van der Waals surface area (Å²) in [6, 6.07) is 2.38. The molecule has 6 heteroatoms. The third kappa shape index (κ3) is 3.03. The van der Waals surface area contributed by atoms with E-state index in [0.29, 0.717) is 18.6 Å². The molecule has 1 aromatic carbocycles. The van der Waals surface area contributed by atoms with Crippen molar-refractivity contribution in [2.45, 2.75) is 38.7 Å². The smallest absolute Gasteiger partial charge is 0.189 e. The zero-order valence-electron chi connectivity index (χ0n) is 14.7. The lowest BCUT2D eigenvalue weighted by molar-refractivity contribution is -0.123. The van der Waals surface area contributed by atoms with E-state index >= 15 is 0 Å². The highest BCUT2D eigenvalue weighted by Crippen LogP contribution is 2.46. The molecule has 25 heavy (non-hydrogen) atoms. The number of hydrogen-bond acceptors (Lipinski definition) is 4. The molecule has 1 aromatic rings. The van der Waals surface area contributed by atoms with Crippen LogP contribution in [0.5, 0.6) is 0 Å². The monoisotopic (exact) mass is 351 g/mol. The van der Waals surface area contributed by atoms with Gasteiger partial charge in [-0.15, -0.1) is 0 Å². The van der Waals surface area contributed by atoms with Crippen LogP contribution in [0.2, 0.25) is 0 Å². The Hall–Kier alpha value is -1.95. The Balaban J connectivity index is 1.90. The molecule has 1 fully saturated rings. The van der Waals surface area contributed by atoms with E-state index in [9.17, 15) is 13.6 Å². The molecule has 0 spiro atoms. The lowest BCUT2D eigenvalue weighted by Crippen LogP contribution is -2.44. The van der Waals surface area contributed by atoms with Gasteiger partial charge < -0.3 is 14.8 Å². The number of ketones is 1. The Morgan fingerprint density at radius 1 is 1.36 bits per heavy atom. The van der Waals surface area contributed by atoms with Gasteiger partial charge in [0.05, 0.1) is 5.69 Å². The second-order valence-electron chi connectivity index (χ2n) is 6.79. The number of ether oxygens (including phenoxy) is 2. The van der Waals surface area contributed by atoms with E-state index in [1.54, 1.807) is 7.05 Å². The van der Waals surface area contributed by atoms with Crippen molar-refractivity contribution in [3.05, 3.63) is 41.2 Å². The summed E-state index contributed by atoms with van der Waals surface area (Å²) in [4.78, 5) is 12.1. The highest BCUT2D eigenvalue weighted by atomic mass is 19.1. The van der Waals surface area contributed by atoms with Crippen molar-refractivity contribution < 1.29 is 23.0 Å². The van der Waals surface area contributed by atoms with Gasteiger partial charge in [0.15, 0.2) is 12.6 Å². The number of anilines is 1. The quantitative estimate of drug-likeness (QED) is 0.876. The number of fused-ring (bicyclic) bond motifs is 1. The molecule has 1 N–H and O–H groups in total. The maximum absolute atomic E-state index is 14.3. The van der Waals surface area contributed by atoms with Crippen molar-refractivity contribution >= 4 is 11.5 Å². The molecular formula is C19H23F2NO3. The number of rotatable bonds is 5. The number of carbonyl (C=O) groups is 1. The molecule has 0 saturated carbocycles. The molecule has 0 aromatic heterocycles. The topological polar surface area (TPSA) is 47.6 Å². The average molecular weight is 351 g/mol. The van der Waals surface area contributed by atoms with Gasteiger partial charge in [0, 0.05) is 25.1 Å². The predicted molar refractivity (Wildman–Crippen MR) is 90.0 cm³/mol. The summed E-state index contributed by atoms with van der Waals surface area (Å²) < 4.78 is 39.8. The Morgan fingerprint density at radius 2 is 2.12 bits per heavy atom. The minimum atomic E-state index is -0.751. The average Bonchev–Trinajstić information content (AvgIpc) is 3.00. The minimum absolute atomic E-state index is 0.0430. The molecule has 1 saturated heterocycles. The largest absolute Gasteiger partial charge is 0.469 e. The molecule has 0 unspecified atom stereocenters. The summed E-state index contributed by atoms with van der Waals surface area (Å²) in [7, 11) is 1.55. The second kappa shape index (κ2) is 6.75. The van der Waals surface area contributed by atoms with Gasteiger partial charge in [-0.2, -0.15) is 0 Å². The van der Waals surface area contributed by atoms with E-state index in [1.165, 1.54) is 12.1 Å². The molecule has 0 amide bonds. The van der Waals surface area contributed by atoms with Crippen LogP contribution in [0.4, 0.5) is 14.5 Å². The zero-order chi connectivity index (χ0) is 18.2. The first-order valence-electron chi connectivity index (χ1n) is 8.59. The van der Waals surface area contributed by atoms with Gasteiger partial charge >= 0.3 is 0 Å². The molecule has 4 nitrogen and oxygen atoms in total. The van der Waals surface area contributed by atoms with Crippen LogP contribution in [0, 0.1) is 23.5 Å². The number of benzene rings is 1. The minimum Gasteiger partial charge on any atom is -0.469 e. The van der Waals surface area contributed by atoms with E-state index < -0.39 is 17.2 Å². The molecule has 3 rings (SSSR count). The van der Waals surface area contributed by atoms with Crippen molar-refractivity contribution in [1.29, 1.82) is 0 Å². The van der Waals surface area contributed by atoms with Crippen LogP contribution in [0.3, 0.4) is 0 Å². The first-order valence-corrected chi connectivity index (χ1v) is 8.59. The van der Waals surface area contributed by atoms with Crippen LogP contribution in [0.1, 0.15) is 32.3 Å². The molecule has 1 heterocycles. The Kier molecular flexibility index (Phi) is 4.82. The molecule has 0 radical (unpaired) electrons. The van der Waals surface area contributed by atoms with Gasteiger partial charge in [-0.25, -0.2) is 8.78 Å². The van der Waals surface area contributed by atoms with Crippen molar-refractivity contribution in [2.75, 3.05) is 19.2 Å². The molecule has 0 bridgehead atoms. The second-order valence-corrected chi connectivity index (χ2v) is 6.79. The van der Waals surface area contributed by atoms with Crippen LogP contribution in [0.25, 0.3) is 0 Å². The van der Waals surface area contributed by atoms with Crippen LogP contribution < -0.4 is 5.32 Å². The Morgan fingerprint density at radius 3 is 2.80 bits per heavy atom. The van der Waals surface area contributed by atoms with Crippen LogP contribution in [0.15, 0.2) is 24.0 Å². The first kappa shape index (κ1) is 17.9. The summed E-state index contributed by atoms with van der Waals surface area (Å²) in [5.41, 5.74) is -0.334. The summed E-state index contributed by atoms with van der Waals surface area (Å²) in [6.45, 7) is 3.96. The van der Waals surface area contributed by atoms with Gasteiger partial charge in [-0.05, 0) is 36.8 Å². The third-order valence-electron chi connectivity index (χ3n) is 5.39. The summed E-state index contributed by atoms with van der Waals surface area (Å²) in [6.07, 6.45) is 3.02. The van der Waals surface area contributed by atoms with Gasteiger partial charge in [-0.3, -0.25) is 4.79 Å². The molecule has 1 aliphatic carbocycles. The van der Waals surface area contributed by atoms with Crippen LogP contribution >= 0.6 is 0 Å². The van der Waals surface area contributed by atoms with Gasteiger partial charge in [0.25, 0.3) is 0 Å². The van der Waals surface area contributed by atoms with Gasteiger partial charge in [-0.1, -0.05) is 13.8 Å². The van der Waals surface area contributed by atoms with E-state index in [2.05, 4.69) is 5.32 Å². The van der Waals surface area contributed by atoms with Crippen molar-refractivity contribution in [3.63, 3.8) is 0 Å². The van der Waals surface area contributed by atoms with Gasteiger partial charge in [0.2, 0.25) is 0 Å². The maximum Gasteiger partial charge on any atom is 0.189 e. The van der Waals surface area contributed by atoms with Gasteiger partial charge in [0.1, 0.15) is 23.0 Å². The zero-order valence-corrected chi connectivity index (χ0v) is 14.7. The molecule has 2 aliphatic rings. The van der Waals surface area contributed by atoms with E-state index in [0.717, 1.165) is 6.07 Å². The highest BCUT2D eigenvalue weighted by molar-refractivity contribution is 5.93. The fourth-order valence-electron chi connectivity index (χ4n) is 3.79. The third-order valence-corrected chi connectivity index (χ3v) is 5.39. The number of hydrogen-bond donors (Lipinski definition) is 1. The fraction of sp³-hybridized carbons (Fsp3) is 0.526. The number of nitrogens with one attached hydrogen (secondary N) is 1. The number of allylic oxidation sites excluding steroid dienone is 1. The predicted octanol–water partition coefficient (Wildman–Crippen LogP) is 3.81. The van der Waals surface area contributed by atoms with E-state index in [1.807, 2.05) is 13.8 Å². The summed E-state index contributed by atoms with van der Waals surface area (Å²) in [5, 5.41) is 2.63. The summed E-state index contributed by atoms with van der Waals surface area (Å²) in [5.74, 6) is -0.701. The fourth-order valence-corrected chi connectivity index (χ4v) is 3.79. The molecule has 3 atom stereocenters. The maximum atomic E-state index is 14.3. The van der Waals surface area contributed by atoms with Crippen LogP contribution in [-0.2, 0) is 20.7 Å². The van der Waals surface area contributed by atoms with Crippen molar-refractivity contribution in [1.82, 2.24) is 0 Å². The lowest BCUT2D eigenvalue weighted by atomic mass is 9.71.